The number of nitrogens with zero attached hydrogens (tertiary/aromatic N) is 1. The lowest BCUT2D eigenvalue weighted by atomic mass is 10.1. The Kier molecular flexibility index (Phi) is 7.53. The average molecular weight is 334 g/mol. The highest BCUT2D eigenvalue weighted by Gasteiger charge is 2.19. The number of hydrogen-bond acceptors (Lipinski definition) is 4. The van der Waals surface area contributed by atoms with Crippen LogP contribution in [0.1, 0.15) is 30.9 Å². The van der Waals surface area contributed by atoms with Crippen LogP contribution in [0.2, 0.25) is 0 Å². The van der Waals surface area contributed by atoms with Crippen LogP contribution in [-0.4, -0.2) is 56.3 Å². The first-order valence-corrected chi connectivity index (χ1v) is 8.92. The molecule has 1 amide bonds. The molecule has 0 spiro atoms. The van der Waals surface area contributed by atoms with E-state index in [-0.39, 0.29) is 5.91 Å². The average Bonchev–Trinajstić information content (AvgIpc) is 2.60. The molecule has 2 rings (SSSR count). The second-order valence-corrected chi connectivity index (χ2v) is 6.38. The number of ether oxygens (including phenoxy) is 2. The number of aryl methyl sites for hydroxylation is 2. The molecule has 0 bridgehead atoms. The van der Waals surface area contributed by atoms with E-state index in [9.17, 15) is 4.79 Å². The molecule has 0 radical (unpaired) electrons. The van der Waals surface area contributed by atoms with Crippen LogP contribution >= 0.6 is 0 Å². The van der Waals surface area contributed by atoms with Gasteiger partial charge in [-0.2, -0.15) is 0 Å². The lowest BCUT2D eigenvalue weighted by Crippen LogP contribution is -2.41. The van der Waals surface area contributed by atoms with Crippen molar-refractivity contribution in [1.82, 2.24) is 10.2 Å². The van der Waals surface area contributed by atoms with E-state index < -0.39 is 6.10 Å². The van der Waals surface area contributed by atoms with Gasteiger partial charge in [-0.05, 0) is 50.4 Å². The third-order valence-corrected chi connectivity index (χ3v) is 4.33. The smallest absolute Gasteiger partial charge is 0.261 e. The summed E-state index contributed by atoms with van der Waals surface area (Å²) in [5.74, 6) is 0.769. The van der Waals surface area contributed by atoms with Crippen molar-refractivity contribution in [1.29, 1.82) is 0 Å². The molecule has 1 heterocycles. The minimum atomic E-state index is -0.436. The quantitative estimate of drug-likeness (QED) is 0.741. The van der Waals surface area contributed by atoms with E-state index in [1.165, 1.54) is 0 Å². The van der Waals surface area contributed by atoms with Crippen LogP contribution in [0.25, 0.3) is 0 Å². The highest BCUT2D eigenvalue weighted by molar-refractivity contribution is 5.81. The maximum Gasteiger partial charge on any atom is 0.261 e. The number of rotatable bonds is 8. The van der Waals surface area contributed by atoms with Crippen LogP contribution in [0.4, 0.5) is 0 Å². The standard InChI is InChI=1S/C19H30N2O3/c1-4-17(24-18-14-15(2)6-7-16(18)3)19(22)20-8-5-9-21-10-12-23-13-11-21/h6-7,14,17H,4-5,8-13H2,1-3H3,(H,20,22)/t17-/m1/s1. The van der Waals surface area contributed by atoms with Gasteiger partial charge < -0.3 is 14.8 Å². The van der Waals surface area contributed by atoms with Gasteiger partial charge in [0.1, 0.15) is 5.75 Å². The van der Waals surface area contributed by atoms with Gasteiger partial charge in [0.05, 0.1) is 13.2 Å². The van der Waals surface area contributed by atoms with Crippen molar-refractivity contribution < 1.29 is 14.3 Å². The van der Waals surface area contributed by atoms with E-state index in [1.54, 1.807) is 0 Å². The van der Waals surface area contributed by atoms with Crippen molar-refractivity contribution in [2.75, 3.05) is 39.4 Å². The summed E-state index contributed by atoms with van der Waals surface area (Å²) in [7, 11) is 0. The van der Waals surface area contributed by atoms with Gasteiger partial charge in [-0.3, -0.25) is 9.69 Å². The zero-order valence-electron chi connectivity index (χ0n) is 15.1. The van der Waals surface area contributed by atoms with Crippen molar-refractivity contribution in [3.05, 3.63) is 29.3 Å². The highest BCUT2D eigenvalue weighted by Crippen LogP contribution is 2.21. The first-order valence-electron chi connectivity index (χ1n) is 8.92. The van der Waals surface area contributed by atoms with Crippen molar-refractivity contribution in [3.63, 3.8) is 0 Å². The molecule has 0 saturated carbocycles. The Morgan fingerprint density at radius 1 is 1.33 bits per heavy atom. The van der Waals surface area contributed by atoms with E-state index in [2.05, 4.69) is 16.3 Å². The Morgan fingerprint density at radius 3 is 2.79 bits per heavy atom. The van der Waals surface area contributed by atoms with Gasteiger partial charge in [-0.15, -0.1) is 0 Å². The van der Waals surface area contributed by atoms with Crippen molar-refractivity contribution in [3.8, 4) is 5.75 Å². The first kappa shape index (κ1) is 18.7. The maximum atomic E-state index is 12.4. The highest BCUT2D eigenvalue weighted by atomic mass is 16.5. The Labute approximate surface area is 145 Å². The molecule has 1 atom stereocenters. The monoisotopic (exact) mass is 334 g/mol. The largest absolute Gasteiger partial charge is 0.480 e. The summed E-state index contributed by atoms with van der Waals surface area (Å²) in [6.07, 6.45) is 1.17. The zero-order chi connectivity index (χ0) is 17.4. The number of amides is 1. The fourth-order valence-electron chi connectivity index (χ4n) is 2.76. The molecule has 134 valence electrons. The lowest BCUT2D eigenvalue weighted by molar-refractivity contribution is -0.128. The molecule has 1 aliphatic heterocycles. The second-order valence-electron chi connectivity index (χ2n) is 6.38. The number of carbonyl (C=O) groups excluding carboxylic acids is 1. The number of carbonyl (C=O) groups is 1. The fraction of sp³-hybridized carbons (Fsp3) is 0.632. The van der Waals surface area contributed by atoms with Crippen LogP contribution in [-0.2, 0) is 9.53 Å². The number of benzene rings is 1. The molecule has 0 unspecified atom stereocenters. The van der Waals surface area contributed by atoms with Crippen LogP contribution < -0.4 is 10.1 Å². The predicted molar refractivity (Wildman–Crippen MR) is 95.5 cm³/mol. The topological polar surface area (TPSA) is 50.8 Å². The molecule has 5 heteroatoms. The van der Waals surface area contributed by atoms with Crippen molar-refractivity contribution in [2.45, 2.75) is 39.7 Å². The molecule has 0 aromatic heterocycles. The zero-order valence-corrected chi connectivity index (χ0v) is 15.1. The van der Waals surface area contributed by atoms with E-state index in [0.29, 0.717) is 13.0 Å². The van der Waals surface area contributed by atoms with Gasteiger partial charge in [-0.1, -0.05) is 19.1 Å². The summed E-state index contributed by atoms with van der Waals surface area (Å²) in [6.45, 7) is 11.3. The van der Waals surface area contributed by atoms with Crippen LogP contribution in [0, 0.1) is 13.8 Å². The molecule has 1 fully saturated rings. The molecular formula is C19H30N2O3. The Balaban J connectivity index is 1.75. The van der Waals surface area contributed by atoms with Gasteiger partial charge in [-0.25, -0.2) is 0 Å². The SMILES string of the molecule is CC[C@@H](Oc1cc(C)ccc1C)C(=O)NCCCN1CCOCC1. The Bertz CT molecular complexity index is 527. The predicted octanol–water partition coefficient (Wildman–Crippen LogP) is 2.30. The summed E-state index contributed by atoms with van der Waals surface area (Å²) in [5, 5.41) is 3.01. The van der Waals surface area contributed by atoms with E-state index in [1.807, 2.05) is 32.9 Å². The molecule has 1 aromatic rings. The van der Waals surface area contributed by atoms with Gasteiger partial charge in [0.15, 0.2) is 6.10 Å². The summed E-state index contributed by atoms with van der Waals surface area (Å²) < 4.78 is 11.3. The summed E-state index contributed by atoms with van der Waals surface area (Å²) in [6, 6.07) is 6.07. The Hall–Kier alpha value is -1.59. The van der Waals surface area contributed by atoms with Crippen LogP contribution in [0.5, 0.6) is 5.75 Å². The van der Waals surface area contributed by atoms with E-state index in [0.717, 1.165) is 56.1 Å². The van der Waals surface area contributed by atoms with Gasteiger partial charge in [0.2, 0.25) is 0 Å². The molecule has 1 N–H and O–H groups in total. The number of nitrogens with one attached hydrogen (secondary N) is 1. The third-order valence-electron chi connectivity index (χ3n) is 4.33. The third kappa shape index (κ3) is 5.80. The van der Waals surface area contributed by atoms with Crippen LogP contribution in [0.15, 0.2) is 18.2 Å². The Morgan fingerprint density at radius 2 is 2.08 bits per heavy atom. The molecule has 5 nitrogen and oxygen atoms in total. The van der Waals surface area contributed by atoms with Gasteiger partial charge in [0.25, 0.3) is 5.91 Å². The maximum absolute atomic E-state index is 12.4. The number of morpholine rings is 1. The summed E-state index contributed by atoms with van der Waals surface area (Å²) in [4.78, 5) is 14.7. The minimum absolute atomic E-state index is 0.0274. The normalized spacial score (nSPS) is 16.6. The molecule has 24 heavy (non-hydrogen) atoms. The van der Waals surface area contributed by atoms with E-state index in [4.69, 9.17) is 9.47 Å². The molecule has 1 saturated heterocycles. The van der Waals surface area contributed by atoms with Crippen molar-refractivity contribution in [2.24, 2.45) is 0 Å². The van der Waals surface area contributed by atoms with E-state index >= 15 is 0 Å². The summed E-state index contributed by atoms with van der Waals surface area (Å²) in [5.41, 5.74) is 2.19. The first-order chi connectivity index (χ1) is 11.6. The number of hydrogen-bond donors (Lipinski definition) is 1. The van der Waals surface area contributed by atoms with Gasteiger partial charge in [0, 0.05) is 19.6 Å². The van der Waals surface area contributed by atoms with Gasteiger partial charge >= 0.3 is 0 Å². The minimum Gasteiger partial charge on any atom is -0.480 e. The lowest BCUT2D eigenvalue weighted by Gasteiger charge is -2.26. The van der Waals surface area contributed by atoms with Crippen molar-refractivity contribution >= 4 is 5.91 Å². The molecular weight excluding hydrogens is 304 g/mol. The molecule has 0 aliphatic carbocycles. The van der Waals surface area contributed by atoms with Crippen LogP contribution in [0.3, 0.4) is 0 Å². The molecule has 1 aliphatic rings. The second kappa shape index (κ2) is 9.64. The summed E-state index contributed by atoms with van der Waals surface area (Å²) >= 11 is 0. The fourth-order valence-corrected chi connectivity index (χ4v) is 2.76. The molecule has 1 aromatic carbocycles.